The van der Waals surface area contributed by atoms with Crippen molar-refractivity contribution in [2.24, 2.45) is 0 Å². The van der Waals surface area contributed by atoms with Crippen LogP contribution in [-0.2, 0) is 9.84 Å². The highest BCUT2D eigenvalue weighted by Gasteiger charge is 2.40. The van der Waals surface area contributed by atoms with E-state index in [9.17, 15) is 13.5 Å². The molecule has 152 valence electrons. The van der Waals surface area contributed by atoms with Gasteiger partial charge in [0.15, 0.2) is 15.5 Å². The van der Waals surface area contributed by atoms with Crippen LogP contribution in [0.2, 0.25) is 0 Å². The molecule has 2 aliphatic heterocycles. The molecule has 2 fully saturated rings. The minimum atomic E-state index is -3.15. The summed E-state index contributed by atoms with van der Waals surface area (Å²) >= 11 is 0. The van der Waals surface area contributed by atoms with Crippen LogP contribution in [0.3, 0.4) is 0 Å². The predicted octanol–water partition coefficient (Wildman–Crippen LogP) is 0.0954. The van der Waals surface area contributed by atoms with E-state index < -0.39 is 15.9 Å². The summed E-state index contributed by atoms with van der Waals surface area (Å²) < 4.78 is 25.4. The van der Waals surface area contributed by atoms with Crippen LogP contribution in [0.25, 0.3) is 16.7 Å². The maximum atomic E-state index is 11.8. The largest absolute Gasteiger partial charge is 0.390 e. The number of fused-ring (bicyclic) bond motifs is 1. The lowest BCUT2D eigenvalue weighted by molar-refractivity contribution is 0.0792. The van der Waals surface area contributed by atoms with Crippen molar-refractivity contribution in [2.75, 3.05) is 42.6 Å². The first-order chi connectivity index (χ1) is 14.0. The van der Waals surface area contributed by atoms with Crippen molar-refractivity contribution in [1.29, 1.82) is 0 Å². The number of hydrogen-bond donors (Lipinski definition) is 1. The molecule has 3 aromatic rings. The fraction of sp³-hybridized carbons (Fsp3) is 0.421. The molecule has 0 radical (unpaired) electrons. The molecule has 2 atom stereocenters. The van der Waals surface area contributed by atoms with Crippen LogP contribution < -0.4 is 4.90 Å². The maximum Gasteiger partial charge on any atom is 0.168 e. The number of rotatable bonds is 3. The third-order valence-corrected chi connectivity index (χ3v) is 7.42. The topological polar surface area (TPSA) is 104 Å². The summed E-state index contributed by atoms with van der Waals surface area (Å²) in [7, 11) is -3.15. The molecule has 1 aromatic carbocycles. The molecular formula is C19H22N6O3S. The maximum absolute atomic E-state index is 11.8. The molecule has 0 unspecified atom stereocenters. The number of hydrogen-bond acceptors (Lipinski definition) is 8. The number of nitrogens with zero attached hydrogens (tertiary/aromatic N) is 6. The smallest absolute Gasteiger partial charge is 0.168 e. The standard InChI is InChI=1S/C19H22N6O3S/c26-17-12-29(27,28)11-16(17)23-6-8-24(9-7-23)18-15-10-22-25(19(15)21-13-20-18)14-4-2-1-3-5-14/h1-5,10,13,16-17,26H,6-9,11-12H2/t16-,17+/m0/s1. The molecule has 2 aliphatic rings. The Labute approximate surface area is 168 Å². The second kappa shape index (κ2) is 7.05. The molecule has 0 spiro atoms. The van der Waals surface area contributed by atoms with Crippen molar-refractivity contribution >= 4 is 26.7 Å². The molecule has 2 saturated heterocycles. The molecule has 0 saturated carbocycles. The van der Waals surface area contributed by atoms with Crippen LogP contribution in [0.5, 0.6) is 0 Å². The van der Waals surface area contributed by atoms with Gasteiger partial charge in [0.05, 0.1) is 40.9 Å². The van der Waals surface area contributed by atoms with Crippen molar-refractivity contribution in [2.45, 2.75) is 12.1 Å². The van der Waals surface area contributed by atoms with Gasteiger partial charge in [-0.05, 0) is 12.1 Å². The summed E-state index contributed by atoms with van der Waals surface area (Å²) in [5.74, 6) is 0.732. The van der Waals surface area contributed by atoms with Crippen LogP contribution in [0.1, 0.15) is 0 Å². The number of benzene rings is 1. The highest BCUT2D eigenvalue weighted by molar-refractivity contribution is 7.91. The van der Waals surface area contributed by atoms with Gasteiger partial charge in [0.2, 0.25) is 0 Å². The lowest BCUT2D eigenvalue weighted by Gasteiger charge is -2.39. The van der Waals surface area contributed by atoms with E-state index in [0.29, 0.717) is 26.2 Å². The molecule has 9 nitrogen and oxygen atoms in total. The molecule has 0 bridgehead atoms. The van der Waals surface area contributed by atoms with Gasteiger partial charge < -0.3 is 10.0 Å². The first-order valence-electron chi connectivity index (χ1n) is 9.63. The molecule has 29 heavy (non-hydrogen) atoms. The minimum absolute atomic E-state index is 0.0375. The van der Waals surface area contributed by atoms with Gasteiger partial charge in [-0.25, -0.2) is 23.1 Å². The molecule has 0 aliphatic carbocycles. The van der Waals surface area contributed by atoms with Crippen molar-refractivity contribution in [1.82, 2.24) is 24.6 Å². The van der Waals surface area contributed by atoms with Gasteiger partial charge in [0.25, 0.3) is 0 Å². The fourth-order valence-corrected chi connectivity index (χ4v) is 6.10. The minimum Gasteiger partial charge on any atom is -0.390 e. The first-order valence-corrected chi connectivity index (χ1v) is 11.5. The van der Waals surface area contributed by atoms with Gasteiger partial charge in [0.1, 0.15) is 12.1 Å². The van der Waals surface area contributed by atoms with Crippen LogP contribution in [-0.4, -0.2) is 88.0 Å². The van der Waals surface area contributed by atoms with E-state index in [1.807, 2.05) is 30.3 Å². The zero-order valence-electron chi connectivity index (χ0n) is 15.8. The second-order valence-corrected chi connectivity index (χ2v) is 9.71. The summed E-state index contributed by atoms with van der Waals surface area (Å²) in [6.45, 7) is 2.75. The average molecular weight is 414 g/mol. The normalized spacial score (nSPS) is 24.9. The van der Waals surface area contributed by atoms with E-state index in [-0.39, 0.29) is 17.5 Å². The number of aliphatic hydroxyl groups is 1. The molecule has 0 amide bonds. The van der Waals surface area contributed by atoms with Crippen molar-refractivity contribution in [3.05, 3.63) is 42.9 Å². The Hall–Kier alpha value is -2.56. The van der Waals surface area contributed by atoms with Crippen LogP contribution in [0, 0.1) is 0 Å². The van der Waals surface area contributed by atoms with Gasteiger partial charge in [0, 0.05) is 26.2 Å². The highest BCUT2D eigenvalue weighted by Crippen LogP contribution is 2.27. The Bertz CT molecular complexity index is 1130. The van der Waals surface area contributed by atoms with Crippen LogP contribution in [0.4, 0.5) is 5.82 Å². The molecule has 4 heterocycles. The molecule has 1 N–H and O–H groups in total. The molecule has 5 rings (SSSR count). The SMILES string of the molecule is O=S1(=O)C[C@@H](O)[C@@H](N2CCN(c3ncnc4c3cnn4-c3ccccc3)CC2)C1. The van der Waals surface area contributed by atoms with Gasteiger partial charge >= 0.3 is 0 Å². The number of anilines is 1. The predicted molar refractivity (Wildman–Crippen MR) is 109 cm³/mol. The van der Waals surface area contributed by atoms with Crippen molar-refractivity contribution < 1.29 is 13.5 Å². The molecule has 10 heteroatoms. The number of aromatic nitrogens is 4. The lowest BCUT2D eigenvalue weighted by Crippen LogP contribution is -2.53. The highest BCUT2D eigenvalue weighted by atomic mass is 32.2. The van der Waals surface area contributed by atoms with E-state index >= 15 is 0 Å². The Balaban J connectivity index is 1.37. The average Bonchev–Trinajstić information content (AvgIpc) is 3.28. The van der Waals surface area contributed by atoms with Crippen molar-refractivity contribution in [3.8, 4) is 5.69 Å². The van der Waals surface area contributed by atoms with Crippen LogP contribution in [0.15, 0.2) is 42.9 Å². The monoisotopic (exact) mass is 414 g/mol. The summed E-state index contributed by atoms with van der Waals surface area (Å²) in [4.78, 5) is 13.2. The second-order valence-electron chi connectivity index (χ2n) is 7.56. The van der Waals surface area contributed by atoms with E-state index in [0.717, 1.165) is 22.5 Å². The Morgan fingerprint density at radius 1 is 1.00 bits per heavy atom. The lowest BCUT2D eigenvalue weighted by atomic mass is 10.1. The van der Waals surface area contributed by atoms with Crippen LogP contribution >= 0.6 is 0 Å². The summed E-state index contributed by atoms with van der Waals surface area (Å²) in [6, 6.07) is 9.53. The number of sulfone groups is 1. The van der Waals surface area contributed by atoms with E-state index in [1.165, 1.54) is 0 Å². The third kappa shape index (κ3) is 3.37. The number of para-hydroxylation sites is 1. The third-order valence-electron chi connectivity index (χ3n) is 5.72. The van der Waals surface area contributed by atoms with E-state index in [2.05, 4.69) is 24.9 Å². The number of piperazine rings is 1. The summed E-state index contributed by atoms with van der Waals surface area (Å²) in [5.41, 5.74) is 1.69. The number of aliphatic hydroxyl groups excluding tert-OH is 1. The van der Waals surface area contributed by atoms with Crippen molar-refractivity contribution in [3.63, 3.8) is 0 Å². The Morgan fingerprint density at radius 3 is 2.45 bits per heavy atom. The fourth-order valence-electron chi connectivity index (χ4n) is 4.27. The zero-order chi connectivity index (χ0) is 20.0. The van der Waals surface area contributed by atoms with E-state index in [4.69, 9.17) is 0 Å². The molecule has 2 aromatic heterocycles. The van der Waals surface area contributed by atoms with Gasteiger partial charge in [-0.3, -0.25) is 4.90 Å². The Morgan fingerprint density at radius 2 is 1.76 bits per heavy atom. The van der Waals surface area contributed by atoms with E-state index in [1.54, 1.807) is 17.2 Å². The van der Waals surface area contributed by atoms with Gasteiger partial charge in [-0.2, -0.15) is 5.10 Å². The quantitative estimate of drug-likeness (QED) is 0.643. The zero-order valence-corrected chi connectivity index (χ0v) is 16.6. The molecular weight excluding hydrogens is 392 g/mol. The summed E-state index contributed by atoms with van der Waals surface area (Å²) in [6.07, 6.45) is 2.54. The van der Waals surface area contributed by atoms with Gasteiger partial charge in [-0.1, -0.05) is 18.2 Å². The summed E-state index contributed by atoms with van der Waals surface area (Å²) in [5, 5.41) is 15.5. The first kappa shape index (κ1) is 18.5. The Kier molecular flexibility index (Phi) is 4.49. The van der Waals surface area contributed by atoms with Gasteiger partial charge in [-0.15, -0.1) is 0 Å².